The van der Waals surface area contributed by atoms with Crippen LogP contribution >= 0.6 is 11.6 Å². The number of hydrogen-bond acceptors (Lipinski definition) is 5. The molecule has 164 valence electrons. The minimum atomic E-state index is -4.36. The highest BCUT2D eigenvalue weighted by Crippen LogP contribution is 2.38. The average molecular weight is 450 g/mol. The maximum absolute atomic E-state index is 14.8. The molecule has 1 aliphatic rings. The number of aromatic nitrogens is 2. The quantitative estimate of drug-likeness (QED) is 0.343. The van der Waals surface area contributed by atoms with Gasteiger partial charge in [0, 0.05) is 11.8 Å². The van der Waals surface area contributed by atoms with Crippen molar-refractivity contribution in [2.24, 2.45) is 5.92 Å². The van der Waals surface area contributed by atoms with Crippen LogP contribution in [0.4, 0.5) is 17.6 Å². The minimum absolute atomic E-state index is 0.0138. The van der Waals surface area contributed by atoms with Crippen molar-refractivity contribution in [3.05, 3.63) is 43.3 Å². The first-order valence-electron chi connectivity index (χ1n) is 9.22. The van der Waals surface area contributed by atoms with Crippen molar-refractivity contribution in [1.29, 1.82) is 5.41 Å². The molecular weight excluding hydrogens is 430 g/mol. The molecule has 1 aromatic carbocycles. The Bertz CT molecular complexity index is 1120. The molecule has 1 fully saturated rings. The third kappa shape index (κ3) is 4.36. The van der Waals surface area contributed by atoms with Gasteiger partial charge in [0.2, 0.25) is 0 Å². The largest absolute Gasteiger partial charge is 0.401 e. The Kier molecular flexibility index (Phi) is 5.96. The van der Waals surface area contributed by atoms with Crippen molar-refractivity contribution in [3.8, 4) is 0 Å². The normalized spacial score (nSPS) is 15.5. The smallest absolute Gasteiger partial charge is 0.332 e. The number of fused-ring (bicyclic) bond motifs is 1. The number of nitrogens with one attached hydrogen (secondary N) is 2. The van der Waals surface area contributed by atoms with Gasteiger partial charge in [0.15, 0.2) is 0 Å². The van der Waals surface area contributed by atoms with E-state index in [1.165, 1.54) is 4.57 Å². The van der Waals surface area contributed by atoms with Gasteiger partial charge in [-0.3, -0.25) is 9.36 Å². The summed E-state index contributed by atoms with van der Waals surface area (Å²) < 4.78 is 53.2. The highest BCUT2D eigenvalue weighted by Gasteiger charge is 2.31. The molecule has 4 N–H and O–H groups in total. The van der Waals surface area contributed by atoms with E-state index in [0.29, 0.717) is 17.5 Å². The summed E-state index contributed by atoms with van der Waals surface area (Å²) in [6.45, 7) is 0.395. The predicted molar refractivity (Wildman–Crippen MR) is 105 cm³/mol. The molecule has 30 heavy (non-hydrogen) atoms. The number of hydrogen-bond donors (Lipinski definition) is 3. The van der Waals surface area contributed by atoms with Gasteiger partial charge in [-0.15, -0.1) is 0 Å². The molecule has 1 unspecified atom stereocenters. The molecule has 1 atom stereocenters. The molecule has 0 saturated heterocycles. The van der Waals surface area contributed by atoms with Gasteiger partial charge in [-0.1, -0.05) is 18.5 Å². The predicted octanol–water partition coefficient (Wildman–Crippen LogP) is 2.55. The number of nitrogens with two attached hydrogens (primary N) is 1. The van der Waals surface area contributed by atoms with Crippen LogP contribution in [0.2, 0.25) is 5.02 Å². The third-order valence-electron chi connectivity index (χ3n) is 4.88. The van der Waals surface area contributed by atoms with Crippen molar-refractivity contribution in [3.63, 3.8) is 0 Å². The second-order valence-electron chi connectivity index (χ2n) is 7.54. The van der Waals surface area contributed by atoms with E-state index >= 15 is 0 Å². The lowest BCUT2D eigenvalue weighted by Crippen LogP contribution is -2.44. The summed E-state index contributed by atoms with van der Waals surface area (Å²) in [6.07, 6.45) is -3.09. The first kappa shape index (κ1) is 22.3. The summed E-state index contributed by atoms with van der Waals surface area (Å²) in [5.41, 5.74) is -2.21. The van der Waals surface area contributed by atoms with Crippen LogP contribution in [0.5, 0.6) is 0 Å². The summed E-state index contributed by atoms with van der Waals surface area (Å²) in [5, 5.41) is 10.1. The Balaban J connectivity index is 1.98. The van der Waals surface area contributed by atoms with Crippen LogP contribution in [-0.2, 0) is 0 Å². The van der Waals surface area contributed by atoms with Gasteiger partial charge in [-0.05, 0) is 37.8 Å². The molecule has 1 saturated carbocycles. The van der Waals surface area contributed by atoms with Crippen LogP contribution in [0.25, 0.3) is 10.9 Å². The maximum Gasteiger partial charge on any atom is 0.401 e. The molecule has 7 nitrogen and oxygen atoms in total. The molecule has 1 heterocycles. The molecule has 12 heteroatoms. The number of nitrogen functional groups attached to an aromatic ring is 1. The fourth-order valence-corrected chi connectivity index (χ4v) is 3.76. The second-order valence-corrected chi connectivity index (χ2v) is 7.91. The lowest BCUT2D eigenvalue weighted by molar-refractivity contribution is -0.125. The summed E-state index contributed by atoms with van der Waals surface area (Å²) >= 11 is 6.37. The van der Waals surface area contributed by atoms with Crippen LogP contribution in [0.15, 0.2) is 15.7 Å². The molecule has 0 amide bonds. The summed E-state index contributed by atoms with van der Waals surface area (Å²) in [4.78, 5) is 24.8. The first-order chi connectivity index (χ1) is 13.9. The van der Waals surface area contributed by atoms with Gasteiger partial charge in [0.1, 0.15) is 5.82 Å². The monoisotopic (exact) mass is 449 g/mol. The van der Waals surface area contributed by atoms with Gasteiger partial charge < -0.3 is 16.6 Å². The topological polar surface area (TPSA) is 106 Å². The standard InChI is InChI=1S/C18H20ClF4N5O2/c1-8(6-26-7-18(21,22)23)4-12(24)13-11(20)5-10-15(14(13)19)27(9-2-3-9)17(30)28(25)16(10)29/h5,8-9,24,26H,2-4,6-7,25H2,1H3. The summed E-state index contributed by atoms with van der Waals surface area (Å²) in [6, 6.07) is 0.660. The summed E-state index contributed by atoms with van der Waals surface area (Å²) in [7, 11) is 0. The lowest BCUT2D eigenvalue weighted by atomic mass is 9.97. The van der Waals surface area contributed by atoms with Crippen molar-refractivity contribution in [2.75, 3.05) is 18.9 Å². The zero-order chi connectivity index (χ0) is 22.4. The first-order valence-corrected chi connectivity index (χ1v) is 9.59. The van der Waals surface area contributed by atoms with Crippen molar-refractivity contribution < 1.29 is 17.6 Å². The van der Waals surface area contributed by atoms with Crippen LogP contribution in [0.1, 0.15) is 37.8 Å². The number of alkyl halides is 3. The van der Waals surface area contributed by atoms with Crippen LogP contribution in [-0.4, -0.2) is 34.2 Å². The zero-order valence-corrected chi connectivity index (χ0v) is 16.7. The second kappa shape index (κ2) is 8.03. The Morgan fingerprint density at radius 1 is 1.40 bits per heavy atom. The number of nitrogens with zero attached hydrogens (tertiary/aromatic N) is 2. The van der Waals surface area contributed by atoms with E-state index in [-0.39, 0.29) is 46.2 Å². The average Bonchev–Trinajstić information content (AvgIpc) is 3.44. The fraction of sp³-hybridized carbons (Fsp3) is 0.500. The Labute approximate surface area is 172 Å². The minimum Gasteiger partial charge on any atom is -0.332 e. The molecular formula is C18H20ClF4N5O2. The van der Waals surface area contributed by atoms with E-state index < -0.39 is 35.7 Å². The van der Waals surface area contributed by atoms with Gasteiger partial charge in [0.05, 0.1) is 28.0 Å². The van der Waals surface area contributed by atoms with E-state index in [2.05, 4.69) is 5.32 Å². The molecule has 2 aromatic rings. The van der Waals surface area contributed by atoms with Crippen LogP contribution < -0.4 is 22.4 Å². The van der Waals surface area contributed by atoms with E-state index in [0.717, 1.165) is 6.07 Å². The lowest BCUT2D eigenvalue weighted by Gasteiger charge is -2.18. The van der Waals surface area contributed by atoms with Gasteiger partial charge in [-0.2, -0.15) is 17.8 Å². The molecule has 0 aliphatic heterocycles. The maximum atomic E-state index is 14.8. The van der Waals surface area contributed by atoms with Crippen molar-refractivity contribution in [1.82, 2.24) is 14.6 Å². The molecule has 3 rings (SSSR count). The molecule has 1 aliphatic carbocycles. The van der Waals surface area contributed by atoms with Crippen LogP contribution in [0.3, 0.4) is 0 Å². The third-order valence-corrected chi connectivity index (χ3v) is 5.25. The van der Waals surface area contributed by atoms with E-state index in [1.807, 2.05) is 0 Å². The van der Waals surface area contributed by atoms with Gasteiger partial charge in [-0.25, -0.2) is 9.18 Å². The Morgan fingerprint density at radius 3 is 2.60 bits per heavy atom. The van der Waals surface area contributed by atoms with E-state index in [1.54, 1.807) is 6.92 Å². The van der Waals surface area contributed by atoms with Gasteiger partial charge >= 0.3 is 11.9 Å². The highest BCUT2D eigenvalue weighted by atomic mass is 35.5. The number of halogens is 5. The SMILES string of the molecule is CC(CNCC(F)(F)F)CC(=N)c1c(F)cc2c(=O)n(N)c(=O)n(C3CC3)c2c1Cl. The molecule has 1 aromatic heterocycles. The van der Waals surface area contributed by atoms with Crippen LogP contribution in [0, 0.1) is 17.1 Å². The Hall–Kier alpha value is -2.40. The number of benzene rings is 1. The zero-order valence-electron chi connectivity index (χ0n) is 15.9. The highest BCUT2D eigenvalue weighted by molar-refractivity contribution is 6.38. The fourth-order valence-electron chi connectivity index (χ4n) is 3.37. The Morgan fingerprint density at radius 2 is 2.03 bits per heavy atom. The summed E-state index contributed by atoms with van der Waals surface area (Å²) in [5.74, 6) is 4.17. The van der Waals surface area contributed by atoms with Crippen molar-refractivity contribution in [2.45, 2.75) is 38.4 Å². The van der Waals surface area contributed by atoms with Gasteiger partial charge in [0.25, 0.3) is 5.56 Å². The molecule has 0 spiro atoms. The molecule has 0 bridgehead atoms. The van der Waals surface area contributed by atoms with E-state index in [4.69, 9.17) is 22.9 Å². The molecule has 0 radical (unpaired) electrons. The number of rotatable bonds is 7. The van der Waals surface area contributed by atoms with E-state index in [9.17, 15) is 27.2 Å². The van der Waals surface area contributed by atoms with Crippen molar-refractivity contribution >= 4 is 28.2 Å².